The van der Waals surface area contributed by atoms with E-state index < -0.39 is 0 Å². The number of H-pyrrole nitrogens is 1. The van der Waals surface area contributed by atoms with Gasteiger partial charge >= 0.3 is 0 Å². The first kappa shape index (κ1) is 13.3. The van der Waals surface area contributed by atoms with Gasteiger partial charge in [-0.2, -0.15) is 10.2 Å². The Hall–Kier alpha value is -2.70. The second-order valence-corrected chi connectivity index (χ2v) is 4.82. The fraction of sp³-hybridized carbons (Fsp3) is 0.286. The van der Waals surface area contributed by atoms with Crippen LogP contribution >= 0.6 is 0 Å². The third-order valence-electron chi connectivity index (χ3n) is 3.35. The largest absolute Gasteiger partial charge is 0.306 e. The minimum atomic E-state index is -0.186. The molecule has 0 spiro atoms. The van der Waals surface area contributed by atoms with Crippen molar-refractivity contribution in [2.24, 2.45) is 7.05 Å². The lowest BCUT2D eigenvalue weighted by Gasteiger charge is -1.96. The van der Waals surface area contributed by atoms with Gasteiger partial charge in [0.2, 0.25) is 0 Å². The van der Waals surface area contributed by atoms with E-state index in [0.717, 1.165) is 17.8 Å². The summed E-state index contributed by atoms with van der Waals surface area (Å²) in [4.78, 5) is 19.1. The molecule has 0 aromatic carbocycles. The summed E-state index contributed by atoms with van der Waals surface area (Å²) in [6.07, 6.45) is 7.16. The number of aromatic nitrogens is 6. The van der Waals surface area contributed by atoms with E-state index in [-0.39, 0.29) is 5.56 Å². The zero-order valence-corrected chi connectivity index (χ0v) is 12.2. The second-order valence-electron chi connectivity index (χ2n) is 4.82. The fourth-order valence-corrected chi connectivity index (χ4v) is 2.16. The number of fused-ring (bicyclic) bond motifs is 1. The first-order valence-corrected chi connectivity index (χ1v) is 6.72. The van der Waals surface area contributed by atoms with Crippen molar-refractivity contribution in [3.63, 3.8) is 0 Å². The summed E-state index contributed by atoms with van der Waals surface area (Å²) >= 11 is 0. The maximum atomic E-state index is 11.9. The molecule has 1 N–H and O–H groups in total. The molecule has 21 heavy (non-hydrogen) atoms. The lowest BCUT2D eigenvalue weighted by atomic mass is 10.2. The average Bonchev–Trinajstić information content (AvgIpc) is 3.01. The zero-order valence-electron chi connectivity index (χ0n) is 12.2. The van der Waals surface area contributed by atoms with Gasteiger partial charge in [0.25, 0.3) is 5.56 Å². The molecule has 0 aliphatic heterocycles. The van der Waals surface area contributed by atoms with Crippen molar-refractivity contribution < 1.29 is 0 Å². The molecule has 3 heterocycles. The highest BCUT2D eigenvalue weighted by Crippen LogP contribution is 2.11. The number of hydrogen-bond acceptors (Lipinski definition) is 4. The van der Waals surface area contributed by atoms with Gasteiger partial charge in [0, 0.05) is 25.4 Å². The van der Waals surface area contributed by atoms with Gasteiger partial charge in [-0.1, -0.05) is 0 Å². The summed E-state index contributed by atoms with van der Waals surface area (Å²) in [5.74, 6) is 0.500. The molecule has 0 atom stereocenters. The molecule has 0 unspecified atom stereocenters. The van der Waals surface area contributed by atoms with Crippen molar-refractivity contribution in [1.82, 2.24) is 29.5 Å². The molecule has 3 aromatic heterocycles. The number of nitrogens with one attached hydrogen (secondary N) is 1. The third-order valence-corrected chi connectivity index (χ3v) is 3.35. The molecule has 3 aromatic rings. The highest BCUT2D eigenvalue weighted by Gasteiger charge is 2.06. The van der Waals surface area contributed by atoms with Crippen molar-refractivity contribution in [1.29, 1.82) is 0 Å². The normalized spacial score (nSPS) is 11.8. The van der Waals surface area contributed by atoms with Crippen molar-refractivity contribution in [3.8, 4) is 0 Å². The molecule has 0 aliphatic carbocycles. The molecule has 108 valence electrons. The maximum absolute atomic E-state index is 11.9. The van der Waals surface area contributed by atoms with E-state index in [2.05, 4.69) is 20.2 Å². The molecule has 0 fully saturated rings. The summed E-state index contributed by atoms with van der Waals surface area (Å²) in [6, 6.07) is 0. The number of rotatable bonds is 3. The molecular weight excluding hydrogens is 268 g/mol. The Balaban J connectivity index is 2.00. The molecule has 0 saturated heterocycles. The van der Waals surface area contributed by atoms with Crippen LogP contribution in [0, 0.1) is 6.92 Å². The molecule has 7 nitrogen and oxygen atoms in total. The Bertz CT molecular complexity index is 883. The molecule has 3 rings (SSSR count). The fourth-order valence-electron chi connectivity index (χ4n) is 2.16. The topological polar surface area (TPSA) is 81.4 Å². The Kier molecular flexibility index (Phi) is 3.17. The van der Waals surface area contributed by atoms with Gasteiger partial charge in [-0.25, -0.2) is 4.98 Å². The Morgan fingerprint density at radius 1 is 1.38 bits per heavy atom. The van der Waals surface area contributed by atoms with Crippen molar-refractivity contribution >= 4 is 23.2 Å². The summed E-state index contributed by atoms with van der Waals surface area (Å²) in [5, 5.41) is 8.91. The van der Waals surface area contributed by atoms with Gasteiger partial charge in [-0.15, -0.1) is 0 Å². The minimum absolute atomic E-state index is 0.186. The van der Waals surface area contributed by atoms with Crippen LogP contribution in [0.3, 0.4) is 0 Å². The predicted molar refractivity (Wildman–Crippen MR) is 80.7 cm³/mol. The Labute approximate surface area is 120 Å². The lowest BCUT2D eigenvalue weighted by molar-refractivity contribution is 0.653. The molecule has 0 amide bonds. The zero-order chi connectivity index (χ0) is 15.0. The number of aromatic amines is 1. The van der Waals surface area contributed by atoms with E-state index in [0.29, 0.717) is 16.9 Å². The number of nitrogens with zero attached hydrogens (tertiary/aromatic N) is 5. The first-order chi connectivity index (χ1) is 10.1. The standard InChI is InChI=1S/C14H16N6O/c1-4-20-8-10(9(2)18-20)5-6-12-16-13-11(14(21)17-12)7-15-19(13)3/h5-8H,4H2,1-3H3,(H,16,17,21)/b6-5+. The van der Waals surface area contributed by atoms with Gasteiger partial charge in [0.05, 0.1) is 11.9 Å². The van der Waals surface area contributed by atoms with Gasteiger partial charge in [0.1, 0.15) is 11.2 Å². The molecule has 0 bridgehead atoms. The van der Waals surface area contributed by atoms with E-state index >= 15 is 0 Å². The third kappa shape index (κ3) is 2.37. The maximum Gasteiger partial charge on any atom is 0.262 e. The highest BCUT2D eigenvalue weighted by molar-refractivity contribution is 5.75. The summed E-state index contributed by atoms with van der Waals surface area (Å²) in [5.41, 5.74) is 2.33. The summed E-state index contributed by atoms with van der Waals surface area (Å²) in [6.45, 7) is 4.81. The van der Waals surface area contributed by atoms with Crippen molar-refractivity contribution in [3.05, 3.63) is 39.8 Å². The van der Waals surface area contributed by atoms with Gasteiger partial charge < -0.3 is 4.98 Å². The minimum Gasteiger partial charge on any atom is -0.306 e. The molecule has 0 saturated carbocycles. The van der Waals surface area contributed by atoms with Crippen molar-refractivity contribution in [2.75, 3.05) is 0 Å². The average molecular weight is 284 g/mol. The summed E-state index contributed by atoms with van der Waals surface area (Å²) < 4.78 is 3.46. The first-order valence-electron chi connectivity index (χ1n) is 6.72. The van der Waals surface area contributed by atoms with E-state index in [1.54, 1.807) is 17.8 Å². The number of aryl methyl sites for hydroxylation is 3. The van der Waals surface area contributed by atoms with Crippen LogP contribution < -0.4 is 5.56 Å². The lowest BCUT2D eigenvalue weighted by Crippen LogP contribution is -2.09. The molecular formula is C14H16N6O. The number of hydrogen-bond donors (Lipinski definition) is 1. The van der Waals surface area contributed by atoms with Crippen LogP contribution in [0.1, 0.15) is 24.0 Å². The van der Waals surface area contributed by atoms with E-state index in [1.807, 2.05) is 30.8 Å². The van der Waals surface area contributed by atoms with Gasteiger partial charge in [-0.05, 0) is 26.0 Å². The smallest absolute Gasteiger partial charge is 0.262 e. The van der Waals surface area contributed by atoms with Crippen LogP contribution in [-0.2, 0) is 13.6 Å². The van der Waals surface area contributed by atoms with Crippen LogP contribution in [0.25, 0.3) is 23.2 Å². The molecule has 0 aliphatic rings. The second kappa shape index (κ2) is 5.01. The van der Waals surface area contributed by atoms with Crippen LogP contribution in [0.5, 0.6) is 0 Å². The quantitative estimate of drug-likeness (QED) is 0.787. The van der Waals surface area contributed by atoms with Crippen LogP contribution in [0.4, 0.5) is 0 Å². The molecule has 0 radical (unpaired) electrons. The van der Waals surface area contributed by atoms with E-state index in [9.17, 15) is 4.79 Å². The van der Waals surface area contributed by atoms with E-state index in [1.165, 1.54) is 6.20 Å². The SMILES string of the molecule is CCn1cc(/C=C/c2nc3c(cnn3C)c(=O)[nH]2)c(C)n1. The van der Waals surface area contributed by atoms with Crippen molar-refractivity contribution in [2.45, 2.75) is 20.4 Å². The van der Waals surface area contributed by atoms with Crippen LogP contribution in [-0.4, -0.2) is 29.5 Å². The monoisotopic (exact) mass is 284 g/mol. The van der Waals surface area contributed by atoms with Gasteiger partial charge in [-0.3, -0.25) is 14.2 Å². The summed E-state index contributed by atoms with van der Waals surface area (Å²) in [7, 11) is 1.76. The van der Waals surface area contributed by atoms with Gasteiger partial charge in [0.15, 0.2) is 5.65 Å². The van der Waals surface area contributed by atoms with Crippen LogP contribution in [0.2, 0.25) is 0 Å². The van der Waals surface area contributed by atoms with E-state index in [4.69, 9.17) is 0 Å². The predicted octanol–water partition coefficient (Wildman–Crippen LogP) is 1.35. The molecule has 7 heteroatoms. The Morgan fingerprint density at radius 3 is 2.90 bits per heavy atom. The Morgan fingerprint density at radius 2 is 2.19 bits per heavy atom. The highest BCUT2D eigenvalue weighted by atomic mass is 16.1. The van der Waals surface area contributed by atoms with Crippen LogP contribution in [0.15, 0.2) is 17.2 Å².